The molecule has 3 nitrogen and oxygen atoms in total. The summed E-state index contributed by atoms with van der Waals surface area (Å²) in [6.07, 6.45) is 1.76. The predicted octanol–water partition coefficient (Wildman–Crippen LogP) is 1.24. The number of hydrogen-bond acceptors (Lipinski definition) is 3. The minimum Gasteiger partial charge on any atom is -0.381 e. The third kappa shape index (κ3) is 2.78. The summed E-state index contributed by atoms with van der Waals surface area (Å²) in [5.41, 5.74) is 3.78. The molecule has 0 spiro atoms. The minimum atomic E-state index is -0.198. The quantitative estimate of drug-likeness (QED) is 0.597. The number of benzene rings is 1. The number of halogens is 1. The van der Waals surface area contributed by atoms with Crippen LogP contribution in [0.15, 0.2) is 24.3 Å². The molecule has 2 rings (SSSR count). The first-order valence-electron chi connectivity index (χ1n) is 5.58. The summed E-state index contributed by atoms with van der Waals surface area (Å²) in [6.45, 7) is 1.54. The molecule has 3 N–H and O–H groups in total. The maximum Gasteiger partial charge on any atom is 0.123 e. The summed E-state index contributed by atoms with van der Waals surface area (Å²) in [5.74, 6) is 5.77. The van der Waals surface area contributed by atoms with Crippen LogP contribution in [0.1, 0.15) is 12.0 Å². The van der Waals surface area contributed by atoms with Gasteiger partial charge in [-0.15, -0.1) is 0 Å². The Morgan fingerprint density at radius 3 is 3.06 bits per heavy atom. The van der Waals surface area contributed by atoms with Gasteiger partial charge in [-0.25, -0.2) is 4.39 Å². The molecule has 1 saturated heterocycles. The van der Waals surface area contributed by atoms with Gasteiger partial charge in [-0.3, -0.25) is 11.3 Å². The Hall–Kier alpha value is -0.970. The van der Waals surface area contributed by atoms with Crippen molar-refractivity contribution < 1.29 is 9.13 Å². The van der Waals surface area contributed by atoms with Gasteiger partial charge in [0.15, 0.2) is 0 Å². The van der Waals surface area contributed by atoms with E-state index in [1.807, 2.05) is 6.07 Å². The summed E-state index contributed by atoms with van der Waals surface area (Å²) in [4.78, 5) is 0. The van der Waals surface area contributed by atoms with Gasteiger partial charge in [0, 0.05) is 18.6 Å². The van der Waals surface area contributed by atoms with Crippen LogP contribution in [0.25, 0.3) is 0 Å². The highest BCUT2D eigenvalue weighted by Crippen LogP contribution is 2.19. The molecule has 1 fully saturated rings. The molecule has 0 aromatic heterocycles. The lowest BCUT2D eigenvalue weighted by Gasteiger charge is -2.21. The monoisotopic (exact) mass is 224 g/mol. The van der Waals surface area contributed by atoms with Crippen LogP contribution < -0.4 is 11.3 Å². The Balaban J connectivity index is 2.00. The lowest BCUT2D eigenvalue weighted by molar-refractivity contribution is 0.176. The van der Waals surface area contributed by atoms with Crippen LogP contribution in [-0.4, -0.2) is 19.3 Å². The van der Waals surface area contributed by atoms with E-state index in [1.54, 1.807) is 12.1 Å². The van der Waals surface area contributed by atoms with Crippen LogP contribution in [-0.2, 0) is 11.2 Å². The van der Waals surface area contributed by atoms with Gasteiger partial charge in [0.1, 0.15) is 5.82 Å². The standard InChI is InChI=1S/C12H17FN2O/c13-11-3-1-2-9(6-11)7-12(15-14)10-4-5-16-8-10/h1-3,6,10,12,15H,4-5,7-8,14H2. The normalized spacial score (nSPS) is 22.2. The van der Waals surface area contributed by atoms with Crippen molar-refractivity contribution in [2.24, 2.45) is 11.8 Å². The van der Waals surface area contributed by atoms with Crippen molar-refractivity contribution in [2.45, 2.75) is 18.9 Å². The van der Waals surface area contributed by atoms with Crippen LogP contribution in [0.4, 0.5) is 4.39 Å². The first-order valence-corrected chi connectivity index (χ1v) is 5.58. The summed E-state index contributed by atoms with van der Waals surface area (Å²) >= 11 is 0. The molecule has 1 aromatic rings. The third-order valence-corrected chi connectivity index (χ3v) is 3.09. The smallest absolute Gasteiger partial charge is 0.123 e. The van der Waals surface area contributed by atoms with E-state index in [1.165, 1.54) is 6.07 Å². The molecule has 1 aliphatic rings. The number of hydrogen-bond donors (Lipinski definition) is 2. The Labute approximate surface area is 94.8 Å². The van der Waals surface area contributed by atoms with Gasteiger partial charge in [-0.2, -0.15) is 0 Å². The maximum atomic E-state index is 13.0. The van der Waals surface area contributed by atoms with Crippen molar-refractivity contribution in [1.82, 2.24) is 5.43 Å². The Morgan fingerprint density at radius 1 is 1.56 bits per heavy atom. The zero-order valence-electron chi connectivity index (χ0n) is 9.16. The van der Waals surface area contributed by atoms with Crippen molar-refractivity contribution in [1.29, 1.82) is 0 Å². The number of hydrazine groups is 1. The SMILES string of the molecule is NNC(Cc1cccc(F)c1)C1CCOC1. The zero-order chi connectivity index (χ0) is 11.4. The fraction of sp³-hybridized carbons (Fsp3) is 0.500. The van der Waals surface area contributed by atoms with Crippen LogP contribution in [0.2, 0.25) is 0 Å². The van der Waals surface area contributed by atoms with Gasteiger partial charge in [-0.05, 0) is 30.5 Å². The molecule has 16 heavy (non-hydrogen) atoms. The first kappa shape index (κ1) is 11.5. The number of nitrogens with two attached hydrogens (primary N) is 1. The molecule has 1 heterocycles. The maximum absolute atomic E-state index is 13.0. The second kappa shape index (κ2) is 5.39. The molecular formula is C12H17FN2O. The van der Waals surface area contributed by atoms with Crippen LogP contribution in [0.3, 0.4) is 0 Å². The molecule has 0 bridgehead atoms. The van der Waals surface area contributed by atoms with Gasteiger partial charge in [0.2, 0.25) is 0 Å². The van der Waals surface area contributed by atoms with E-state index >= 15 is 0 Å². The molecule has 0 saturated carbocycles. The van der Waals surface area contributed by atoms with Gasteiger partial charge < -0.3 is 4.74 Å². The molecule has 0 radical (unpaired) electrons. The predicted molar refractivity (Wildman–Crippen MR) is 60.1 cm³/mol. The molecular weight excluding hydrogens is 207 g/mol. The highest BCUT2D eigenvalue weighted by molar-refractivity contribution is 5.17. The number of rotatable bonds is 4. The number of nitrogens with one attached hydrogen (secondary N) is 1. The van der Waals surface area contributed by atoms with E-state index in [-0.39, 0.29) is 11.9 Å². The second-order valence-corrected chi connectivity index (χ2v) is 4.23. The summed E-state index contributed by atoms with van der Waals surface area (Å²) in [6, 6.07) is 6.81. The third-order valence-electron chi connectivity index (χ3n) is 3.09. The largest absolute Gasteiger partial charge is 0.381 e. The van der Waals surface area contributed by atoms with Gasteiger partial charge in [-0.1, -0.05) is 12.1 Å². The van der Waals surface area contributed by atoms with Crippen LogP contribution >= 0.6 is 0 Å². The topological polar surface area (TPSA) is 47.3 Å². The summed E-state index contributed by atoms with van der Waals surface area (Å²) < 4.78 is 18.4. The Morgan fingerprint density at radius 2 is 2.44 bits per heavy atom. The van der Waals surface area contributed by atoms with E-state index in [0.29, 0.717) is 5.92 Å². The van der Waals surface area contributed by atoms with Gasteiger partial charge in [0.05, 0.1) is 6.61 Å². The highest BCUT2D eigenvalue weighted by atomic mass is 19.1. The molecule has 1 aliphatic heterocycles. The van der Waals surface area contributed by atoms with E-state index in [9.17, 15) is 4.39 Å². The van der Waals surface area contributed by atoms with Crippen molar-refractivity contribution >= 4 is 0 Å². The molecule has 1 aromatic carbocycles. The Kier molecular flexibility index (Phi) is 3.88. The highest BCUT2D eigenvalue weighted by Gasteiger charge is 2.24. The van der Waals surface area contributed by atoms with Crippen LogP contribution in [0.5, 0.6) is 0 Å². The molecule has 4 heteroatoms. The number of ether oxygens (including phenoxy) is 1. The minimum absolute atomic E-state index is 0.157. The van der Waals surface area contributed by atoms with Crippen molar-refractivity contribution in [3.8, 4) is 0 Å². The van der Waals surface area contributed by atoms with Crippen LogP contribution in [0, 0.1) is 11.7 Å². The van der Waals surface area contributed by atoms with Gasteiger partial charge >= 0.3 is 0 Å². The van der Waals surface area contributed by atoms with Gasteiger partial charge in [0.25, 0.3) is 0 Å². The molecule has 88 valence electrons. The van der Waals surface area contributed by atoms with Crippen molar-refractivity contribution in [3.63, 3.8) is 0 Å². The van der Waals surface area contributed by atoms with Crippen molar-refractivity contribution in [3.05, 3.63) is 35.6 Å². The Bertz CT molecular complexity index is 340. The van der Waals surface area contributed by atoms with E-state index in [0.717, 1.165) is 31.6 Å². The molecule has 0 amide bonds. The zero-order valence-corrected chi connectivity index (χ0v) is 9.16. The van der Waals surface area contributed by atoms with E-state index in [4.69, 9.17) is 10.6 Å². The fourth-order valence-corrected chi connectivity index (χ4v) is 2.15. The fourth-order valence-electron chi connectivity index (χ4n) is 2.15. The summed E-state index contributed by atoms with van der Waals surface area (Å²) in [5, 5.41) is 0. The molecule has 2 atom stereocenters. The van der Waals surface area contributed by atoms with E-state index < -0.39 is 0 Å². The average molecular weight is 224 g/mol. The first-order chi connectivity index (χ1) is 7.79. The molecule has 2 unspecified atom stereocenters. The average Bonchev–Trinajstić information content (AvgIpc) is 2.79. The lowest BCUT2D eigenvalue weighted by atomic mass is 9.93. The second-order valence-electron chi connectivity index (χ2n) is 4.23. The van der Waals surface area contributed by atoms with Crippen molar-refractivity contribution in [2.75, 3.05) is 13.2 Å². The molecule has 0 aliphatic carbocycles. The van der Waals surface area contributed by atoms with E-state index in [2.05, 4.69) is 5.43 Å². The lowest BCUT2D eigenvalue weighted by Crippen LogP contribution is -2.42. The summed E-state index contributed by atoms with van der Waals surface area (Å²) in [7, 11) is 0.